The Morgan fingerprint density at radius 2 is 2.00 bits per heavy atom. The minimum atomic E-state index is 0.540. The van der Waals surface area contributed by atoms with Crippen LogP contribution in [0.2, 0.25) is 0 Å². The van der Waals surface area contributed by atoms with E-state index in [0.29, 0.717) is 12.0 Å². The molecule has 0 bridgehead atoms. The highest BCUT2D eigenvalue weighted by Gasteiger charge is 1.95. The summed E-state index contributed by atoms with van der Waals surface area (Å²) in [6, 6.07) is 0.619. The number of hydrogen-bond donors (Lipinski definition) is 1. The molecule has 0 saturated carbocycles. The van der Waals surface area contributed by atoms with E-state index in [9.17, 15) is 0 Å². The predicted molar refractivity (Wildman–Crippen MR) is 60.9 cm³/mol. The monoisotopic (exact) mass is 181 g/mol. The summed E-state index contributed by atoms with van der Waals surface area (Å²) in [5.41, 5.74) is 0. The molecule has 0 aliphatic heterocycles. The second-order valence-electron chi connectivity index (χ2n) is 3.45. The van der Waals surface area contributed by atoms with E-state index in [1.165, 1.54) is 6.42 Å². The van der Waals surface area contributed by atoms with Crippen LogP contribution in [0.5, 0.6) is 0 Å². The fourth-order valence-corrected chi connectivity index (χ4v) is 1.04. The van der Waals surface area contributed by atoms with E-state index in [1.807, 2.05) is 6.08 Å². The number of hydrogen-bond acceptors (Lipinski definition) is 1. The maximum Gasteiger partial charge on any atom is 0.0137 e. The Labute approximate surface area is 82.9 Å². The predicted octanol–water partition coefficient (Wildman–Crippen LogP) is 3.14. The van der Waals surface area contributed by atoms with Crippen molar-refractivity contribution in [3.05, 3.63) is 24.8 Å². The molecule has 0 aromatic rings. The molecular weight excluding hydrogens is 158 g/mol. The molecular formula is C12H23N. The van der Waals surface area contributed by atoms with Crippen molar-refractivity contribution in [3.63, 3.8) is 0 Å². The van der Waals surface area contributed by atoms with Gasteiger partial charge in [0.2, 0.25) is 0 Å². The van der Waals surface area contributed by atoms with E-state index in [2.05, 4.69) is 44.8 Å². The molecule has 1 heteroatoms. The van der Waals surface area contributed by atoms with Crippen LogP contribution in [0.15, 0.2) is 24.8 Å². The lowest BCUT2D eigenvalue weighted by Crippen LogP contribution is -2.24. The van der Waals surface area contributed by atoms with Gasteiger partial charge in [-0.15, -0.1) is 6.58 Å². The number of allylic oxidation sites excluding steroid dienone is 2. The van der Waals surface area contributed by atoms with Crippen LogP contribution in [0.3, 0.4) is 0 Å². The van der Waals surface area contributed by atoms with Gasteiger partial charge in [0.05, 0.1) is 0 Å². The van der Waals surface area contributed by atoms with Crippen molar-refractivity contribution < 1.29 is 0 Å². The second-order valence-corrected chi connectivity index (χ2v) is 3.45. The summed E-state index contributed by atoms with van der Waals surface area (Å²) in [6.07, 6.45) is 8.75. The van der Waals surface area contributed by atoms with E-state index in [-0.39, 0.29) is 0 Å². The van der Waals surface area contributed by atoms with E-state index in [1.54, 1.807) is 0 Å². The van der Waals surface area contributed by atoms with Gasteiger partial charge in [-0.05, 0) is 25.7 Å². The van der Waals surface area contributed by atoms with Crippen LogP contribution in [-0.2, 0) is 0 Å². The van der Waals surface area contributed by atoms with Crippen molar-refractivity contribution in [1.82, 2.24) is 5.32 Å². The van der Waals surface area contributed by atoms with E-state index in [4.69, 9.17) is 0 Å². The van der Waals surface area contributed by atoms with Crippen molar-refractivity contribution in [1.29, 1.82) is 0 Å². The molecule has 1 nitrogen and oxygen atoms in total. The molecule has 0 amide bonds. The largest absolute Gasteiger partial charge is 0.311 e. The van der Waals surface area contributed by atoms with Crippen LogP contribution >= 0.6 is 0 Å². The topological polar surface area (TPSA) is 12.0 Å². The van der Waals surface area contributed by atoms with Crippen LogP contribution < -0.4 is 5.32 Å². The standard InChI is InChI=1S/C12H23N/c1-5-11(4)13-10-8-9-12(6-2)7-3/h6,8-9,11-13H,2,5,7,10H2,1,3-4H3/b9-8+. The van der Waals surface area contributed by atoms with Gasteiger partial charge in [0.25, 0.3) is 0 Å². The fraction of sp³-hybridized carbons (Fsp3) is 0.667. The summed E-state index contributed by atoms with van der Waals surface area (Å²) < 4.78 is 0. The SMILES string of the molecule is C=CC(/C=C/CNC(C)CC)CC. The van der Waals surface area contributed by atoms with Crippen molar-refractivity contribution in [3.8, 4) is 0 Å². The van der Waals surface area contributed by atoms with Gasteiger partial charge in [0, 0.05) is 12.6 Å². The molecule has 0 heterocycles. The van der Waals surface area contributed by atoms with Gasteiger partial charge in [-0.3, -0.25) is 0 Å². The molecule has 76 valence electrons. The first kappa shape index (κ1) is 12.4. The second kappa shape index (κ2) is 8.06. The third-order valence-electron chi connectivity index (χ3n) is 2.35. The molecule has 1 N–H and O–H groups in total. The molecule has 0 aliphatic rings. The van der Waals surface area contributed by atoms with Gasteiger partial charge < -0.3 is 5.32 Å². The first-order valence-corrected chi connectivity index (χ1v) is 5.27. The van der Waals surface area contributed by atoms with Crippen LogP contribution in [0.4, 0.5) is 0 Å². The highest BCUT2D eigenvalue weighted by atomic mass is 14.9. The van der Waals surface area contributed by atoms with Gasteiger partial charge in [0.15, 0.2) is 0 Å². The van der Waals surface area contributed by atoms with Gasteiger partial charge in [0.1, 0.15) is 0 Å². The smallest absolute Gasteiger partial charge is 0.0137 e. The molecule has 0 rings (SSSR count). The molecule has 0 aromatic carbocycles. The third-order valence-corrected chi connectivity index (χ3v) is 2.35. The van der Waals surface area contributed by atoms with E-state index in [0.717, 1.165) is 13.0 Å². The third kappa shape index (κ3) is 6.59. The van der Waals surface area contributed by atoms with Crippen molar-refractivity contribution >= 4 is 0 Å². The maximum atomic E-state index is 3.79. The first-order chi connectivity index (χ1) is 6.24. The zero-order valence-corrected chi connectivity index (χ0v) is 9.22. The Bertz CT molecular complexity index is 149. The molecule has 0 saturated heterocycles. The van der Waals surface area contributed by atoms with E-state index >= 15 is 0 Å². The van der Waals surface area contributed by atoms with Crippen LogP contribution in [0.1, 0.15) is 33.6 Å². The number of rotatable bonds is 7. The van der Waals surface area contributed by atoms with Gasteiger partial charge in [-0.2, -0.15) is 0 Å². The molecule has 0 spiro atoms. The Morgan fingerprint density at radius 3 is 2.46 bits per heavy atom. The highest BCUT2D eigenvalue weighted by molar-refractivity contribution is 4.97. The molecule has 2 unspecified atom stereocenters. The fourth-order valence-electron chi connectivity index (χ4n) is 1.04. The van der Waals surface area contributed by atoms with Gasteiger partial charge >= 0.3 is 0 Å². The first-order valence-electron chi connectivity index (χ1n) is 5.27. The van der Waals surface area contributed by atoms with Crippen molar-refractivity contribution in [2.24, 2.45) is 5.92 Å². The Kier molecular flexibility index (Phi) is 7.71. The lowest BCUT2D eigenvalue weighted by molar-refractivity contribution is 0.566. The summed E-state index contributed by atoms with van der Waals surface area (Å²) in [7, 11) is 0. The molecule has 0 radical (unpaired) electrons. The summed E-state index contributed by atoms with van der Waals surface area (Å²) in [4.78, 5) is 0. The van der Waals surface area contributed by atoms with E-state index < -0.39 is 0 Å². The lowest BCUT2D eigenvalue weighted by atomic mass is 10.1. The van der Waals surface area contributed by atoms with Crippen LogP contribution in [0, 0.1) is 5.92 Å². The number of nitrogens with one attached hydrogen (secondary N) is 1. The molecule has 0 aromatic heterocycles. The Balaban J connectivity index is 3.55. The average Bonchev–Trinajstić information content (AvgIpc) is 2.18. The van der Waals surface area contributed by atoms with Crippen LogP contribution in [0.25, 0.3) is 0 Å². The lowest BCUT2D eigenvalue weighted by Gasteiger charge is -2.08. The van der Waals surface area contributed by atoms with Crippen LogP contribution in [-0.4, -0.2) is 12.6 Å². The Hall–Kier alpha value is -0.560. The summed E-state index contributed by atoms with van der Waals surface area (Å²) in [5.74, 6) is 0.540. The average molecular weight is 181 g/mol. The summed E-state index contributed by atoms with van der Waals surface area (Å²) in [6.45, 7) is 11.3. The normalized spacial score (nSPS) is 15.9. The minimum Gasteiger partial charge on any atom is -0.311 e. The van der Waals surface area contributed by atoms with Gasteiger partial charge in [-0.25, -0.2) is 0 Å². The molecule has 0 aliphatic carbocycles. The minimum absolute atomic E-state index is 0.540. The summed E-state index contributed by atoms with van der Waals surface area (Å²) in [5, 5.41) is 3.41. The molecule has 2 atom stereocenters. The zero-order valence-electron chi connectivity index (χ0n) is 9.22. The van der Waals surface area contributed by atoms with Crippen molar-refractivity contribution in [2.45, 2.75) is 39.7 Å². The highest BCUT2D eigenvalue weighted by Crippen LogP contribution is 2.04. The Morgan fingerprint density at radius 1 is 1.31 bits per heavy atom. The quantitative estimate of drug-likeness (QED) is 0.595. The molecule has 13 heavy (non-hydrogen) atoms. The maximum absolute atomic E-state index is 3.79. The molecule has 0 fully saturated rings. The van der Waals surface area contributed by atoms with Crippen molar-refractivity contribution in [2.75, 3.05) is 6.54 Å². The van der Waals surface area contributed by atoms with Gasteiger partial charge in [-0.1, -0.05) is 32.1 Å². The zero-order chi connectivity index (χ0) is 10.1. The summed E-state index contributed by atoms with van der Waals surface area (Å²) >= 11 is 0.